The summed E-state index contributed by atoms with van der Waals surface area (Å²) in [6.45, 7) is 3.34. The number of ether oxygens (including phenoxy) is 1. The molecule has 4 rings (SSSR count). The first-order valence-electron chi connectivity index (χ1n) is 9.71. The maximum Gasteiger partial charge on any atom is 0.268 e. The van der Waals surface area contributed by atoms with Gasteiger partial charge in [0.05, 0.1) is 11.3 Å². The zero-order valence-electron chi connectivity index (χ0n) is 17.0. The van der Waals surface area contributed by atoms with Gasteiger partial charge in [0.25, 0.3) is 11.8 Å². The van der Waals surface area contributed by atoms with Gasteiger partial charge < -0.3 is 15.8 Å². The van der Waals surface area contributed by atoms with Crippen molar-refractivity contribution >= 4 is 39.7 Å². The summed E-state index contributed by atoms with van der Waals surface area (Å²) in [5.41, 5.74) is 8.15. The SMILES string of the molecule is Cc1ccc2c(c1)N(CC(=O)Nc1sc(-c3ccccc3)cc1C(N)=O)C(=O)C(C)O2. The number of fused-ring (bicyclic) bond motifs is 1. The third kappa shape index (κ3) is 4.15. The van der Waals surface area contributed by atoms with Crippen LogP contribution >= 0.6 is 11.3 Å². The van der Waals surface area contributed by atoms with Gasteiger partial charge in [0, 0.05) is 4.88 Å². The van der Waals surface area contributed by atoms with Gasteiger partial charge in [0.2, 0.25) is 5.91 Å². The van der Waals surface area contributed by atoms with Crippen molar-refractivity contribution in [3.63, 3.8) is 0 Å². The number of amides is 3. The molecule has 31 heavy (non-hydrogen) atoms. The fourth-order valence-corrected chi connectivity index (χ4v) is 4.49. The monoisotopic (exact) mass is 435 g/mol. The number of anilines is 2. The van der Waals surface area contributed by atoms with E-state index in [0.717, 1.165) is 16.0 Å². The highest BCUT2D eigenvalue weighted by Gasteiger charge is 2.33. The zero-order chi connectivity index (χ0) is 22.1. The van der Waals surface area contributed by atoms with Crippen LogP contribution in [0.25, 0.3) is 10.4 Å². The third-order valence-electron chi connectivity index (χ3n) is 4.93. The number of nitrogens with two attached hydrogens (primary N) is 1. The van der Waals surface area contributed by atoms with Gasteiger partial charge in [-0.25, -0.2) is 0 Å². The van der Waals surface area contributed by atoms with Gasteiger partial charge in [0.1, 0.15) is 17.3 Å². The Bertz CT molecular complexity index is 1170. The molecular formula is C23H21N3O4S. The van der Waals surface area contributed by atoms with Crippen molar-refractivity contribution in [2.75, 3.05) is 16.8 Å². The van der Waals surface area contributed by atoms with Crippen LogP contribution in [0.2, 0.25) is 0 Å². The molecule has 0 fully saturated rings. The minimum Gasteiger partial charge on any atom is -0.479 e. The molecule has 3 amide bonds. The van der Waals surface area contributed by atoms with Crippen molar-refractivity contribution in [3.05, 3.63) is 65.7 Å². The molecule has 2 heterocycles. The number of carbonyl (C=O) groups excluding carboxylic acids is 3. The summed E-state index contributed by atoms with van der Waals surface area (Å²) in [5, 5.41) is 3.11. The number of thiophene rings is 1. The van der Waals surface area contributed by atoms with Crippen LogP contribution < -0.4 is 20.7 Å². The standard InChI is InChI=1S/C23H21N3O4S/c1-13-8-9-18-17(10-13)26(23(29)14(2)30-18)12-20(27)25-22-16(21(24)28)11-19(31-22)15-6-4-3-5-7-15/h3-11,14H,12H2,1-2H3,(H2,24,28)(H,25,27). The van der Waals surface area contributed by atoms with Gasteiger partial charge in [-0.3, -0.25) is 19.3 Å². The van der Waals surface area contributed by atoms with E-state index in [-0.39, 0.29) is 18.0 Å². The van der Waals surface area contributed by atoms with Crippen LogP contribution in [-0.2, 0) is 9.59 Å². The average Bonchev–Trinajstić information content (AvgIpc) is 3.16. The molecule has 0 saturated heterocycles. The molecule has 0 bridgehead atoms. The van der Waals surface area contributed by atoms with E-state index in [1.807, 2.05) is 43.3 Å². The summed E-state index contributed by atoms with van der Waals surface area (Å²) >= 11 is 1.26. The number of hydrogen-bond acceptors (Lipinski definition) is 5. The molecule has 1 aliphatic rings. The molecule has 2 aromatic carbocycles. The molecule has 1 aliphatic heterocycles. The fourth-order valence-electron chi connectivity index (χ4n) is 3.40. The van der Waals surface area contributed by atoms with Gasteiger partial charge in [0.15, 0.2) is 6.10 Å². The number of nitrogens with zero attached hydrogens (tertiary/aromatic N) is 1. The lowest BCUT2D eigenvalue weighted by Crippen LogP contribution is -2.47. The molecule has 1 atom stereocenters. The van der Waals surface area contributed by atoms with Gasteiger partial charge in [-0.15, -0.1) is 11.3 Å². The second kappa shape index (κ2) is 8.23. The maximum atomic E-state index is 12.9. The minimum atomic E-state index is -0.699. The number of carbonyl (C=O) groups is 3. The van der Waals surface area contributed by atoms with Crippen LogP contribution in [0.1, 0.15) is 22.8 Å². The molecule has 3 aromatic rings. The first-order chi connectivity index (χ1) is 14.8. The normalized spacial score (nSPS) is 15.2. The number of aryl methyl sites for hydroxylation is 1. The minimum absolute atomic E-state index is 0.209. The first kappa shape index (κ1) is 20.6. The van der Waals surface area contributed by atoms with E-state index >= 15 is 0 Å². The molecule has 7 nitrogen and oxygen atoms in total. The van der Waals surface area contributed by atoms with Gasteiger partial charge >= 0.3 is 0 Å². The van der Waals surface area contributed by atoms with Crippen LogP contribution in [-0.4, -0.2) is 30.4 Å². The number of hydrogen-bond donors (Lipinski definition) is 2. The van der Waals surface area contributed by atoms with Crippen molar-refractivity contribution in [3.8, 4) is 16.2 Å². The summed E-state index contributed by atoms with van der Waals surface area (Å²) < 4.78 is 5.65. The van der Waals surface area contributed by atoms with E-state index in [2.05, 4.69) is 5.32 Å². The molecule has 0 saturated carbocycles. The van der Waals surface area contributed by atoms with Gasteiger partial charge in [-0.05, 0) is 43.2 Å². The Hall–Kier alpha value is -3.65. The number of primary amides is 1. The van der Waals surface area contributed by atoms with Crippen LogP contribution in [0.15, 0.2) is 54.6 Å². The highest BCUT2D eigenvalue weighted by atomic mass is 32.1. The quantitative estimate of drug-likeness (QED) is 0.640. The Morgan fingerprint density at radius 1 is 1.16 bits per heavy atom. The Balaban J connectivity index is 1.59. The number of nitrogens with one attached hydrogen (secondary N) is 1. The van der Waals surface area contributed by atoms with E-state index in [1.165, 1.54) is 16.2 Å². The van der Waals surface area contributed by atoms with Crippen LogP contribution in [0, 0.1) is 6.92 Å². The number of benzene rings is 2. The first-order valence-corrected chi connectivity index (χ1v) is 10.5. The predicted octanol–water partition coefficient (Wildman–Crippen LogP) is 3.58. The van der Waals surface area contributed by atoms with E-state index in [1.54, 1.807) is 25.1 Å². The van der Waals surface area contributed by atoms with Crippen molar-refractivity contribution in [1.29, 1.82) is 0 Å². The Labute approximate surface area is 183 Å². The molecule has 158 valence electrons. The molecular weight excluding hydrogens is 414 g/mol. The van der Waals surface area contributed by atoms with E-state index in [9.17, 15) is 14.4 Å². The molecule has 0 spiro atoms. The summed E-state index contributed by atoms with van der Waals surface area (Å²) in [5.74, 6) is -0.824. The summed E-state index contributed by atoms with van der Waals surface area (Å²) in [7, 11) is 0. The van der Waals surface area contributed by atoms with Crippen LogP contribution in [0.4, 0.5) is 10.7 Å². The molecule has 1 unspecified atom stereocenters. The van der Waals surface area contributed by atoms with Crippen molar-refractivity contribution < 1.29 is 19.1 Å². The highest BCUT2D eigenvalue weighted by Crippen LogP contribution is 2.37. The van der Waals surface area contributed by atoms with Crippen LogP contribution in [0.5, 0.6) is 5.75 Å². The third-order valence-corrected chi connectivity index (χ3v) is 6.03. The second-order valence-electron chi connectivity index (χ2n) is 7.29. The summed E-state index contributed by atoms with van der Waals surface area (Å²) in [4.78, 5) is 39.7. The predicted molar refractivity (Wildman–Crippen MR) is 121 cm³/mol. The topological polar surface area (TPSA) is 102 Å². The van der Waals surface area contributed by atoms with E-state index in [4.69, 9.17) is 10.5 Å². The zero-order valence-corrected chi connectivity index (χ0v) is 17.9. The molecule has 0 radical (unpaired) electrons. The lowest BCUT2D eigenvalue weighted by molar-refractivity contribution is -0.127. The van der Waals surface area contributed by atoms with E-state index in [0.29, 0.717) is 16.4 Å². The summed E-state index contributed by atoms with van der Waals surface area (Å²) in [6.07, 6.45) is -0.699. The molecule has 3 N–H and O–H groups in total. The molecule has 0 aliphatic carbocycles. The van der Waals surface area contributed by atoms with Gasteiger partial charge in [-0.2, -0.15) is 0 Å². The smallest absolute Gasteiger partial charge is 0.268 e. The lowest BCUT2D eigenvalue weighted by atomic mass is 10.1. The largest absolute Gasteiger partial charge is 0.479 e. The fraction of sp³-hybridized carbons (Fsp3) is 0.174. The summed E-state index contributed by atoms with van der Waals surface area (Å²) in [6, 6.07) is 16.6. The molecule has 1 aromatic heterocycles. The van der Waals surface area contributed by atoms with Gasteiger partial charge in [-0.1, -0.05) is 36.4 Å². The van der Waals surface area contributed by atoms with Crippen molar-refractivity contribution in [2.45, 2.75) is 20.0 Å². The Morgan fingerprint density at radius 3 is 2.61 bits per heavy atom. The Morgan fingerprint density at radius 2 is 1.90 bits per heavy atom. The number of rotatable bonds is 5. The highest BCUT2D eigenvalue weighted by molar-refractivity contribution is 7.20. The second-order valence-corrected chi connectivity index (χ2v) is 8.34. The average molecular weight is 436 g/mol. The maximum absolute atomic E-state index is 12.9. The Kier molecular flexibility index (Phi) is 5.48. The van der Waals surface area contributed by atoms with Crippen molar-refractivity contribution in [2.24, 2.45) is 5.73 Å². The van der Waals surface area contributed by atoms with Crippen LogP contribution in [0.3, 0.4) is 0 Å². The van der Waals surface area contributed by atoms with Crippen molar-refractivity contribution in [1.82, 2.24) is 0 Å². The molecule has 8 heteroatoms. The van der Waals surface area contributed by atoms with E-state index < -0.39 is 17.9 Å². The lowest BCUT2D eigenvalue weighted by Gasteiger charge is -2.32.